The topological polar surface area (TPSA) is 133 Å². The fourth-order valence-corrected chi connectivity index (χ4v) is 3.97. The molecule has 222 valence electrons. The molecule has 11 nitrogen and oxygen atoms in total. The number of nitrogens with one attached hydrogen (secondary N) is 1. The second-order valence-corrected chi connectivity index (χ2v) is 11.7. The van der Waals surface area contributed by atoms with Gasteiger partial charge < -0.3 is 39.8 Å². The van der Waals surface area contributed by atoms with Gasteiger partial charge in [0.15, 0.2) is 0 Å². The highest BCUT2D eigenvalue weighted by atomic mass is 16.6. The Labute approximate surface area is 229 Å². The Morgan fingerprint density at radius 1 is 0.947 bits per heavy atom. The molecule has 3 amide bonds. The van der Waals surface area contributed by atoms with Gasteiger partial charge in [-0.2, -0.15) is 0 Å². The number of rotatable bonds is 16. The van der Waals surface area contributed by atoms with Gasteiger partial charge in [0.1, 0.15) is 11.6 Å². The molecule has 38 heavy (non-hydrogen) atoms. The third kappa shape index (κ3) is 13.7. The number of ether oxygens (including phenoxy) is 4. The first kappa shape index (κ1) is 34.1. The monoisotopic (exact) mass is 544 g/mol. The molecule has 1 fully saturated rings. The molecule has 1 rings (SSSR count). The van der Waals surface area contributed by atoms with E-state index in [1.165, 1.54) is 4.90 Å². The van der Waals surface area contributed by atoms with E-state index >= 15 is 0 Å². The normalized spacial score (nSPS) is 16.8. The lowest BCUT2D eigenvalue weighted by Crippen LogP contribution is -2.55. The van der Waals surface area contributed by atoms with Gasteiger partial charge in [-0.3, -0.25) is 9.59 Å². The van der Waals surface area contributed by atoms with Gasteiger partial charge in [0.2, 0.25) is 11.8 Å². The minimum Gasteiger partial charge on any atom is -0.444 e. The van der Waals surface area contributed by atoms with Crippen LogP contribution < -0.4 is 11.1 Å². The highest BCUT2D eigenvalue weighted by molar-refractivity contribution is 5.88. The molecule has 11 heteroatoms. The van der Waals surface area contributed by atoms with E-state index in [4.69, 9.17) is 24.7 Å². The minimum atomic E-state index is -0.672. The first-order valence-electron chi connectivity index (χ1n) is 13.8. The third-order valence-corrected chi connectivity index (χ3v) is 6.03. The predicted molar refractivity (Wildman–Crippen MR) is 146 cm³/mol. The van der Waals surface area contributed by atoms with Crippen LogP contribution in [-0.4, -0.2) is 111 Å². The number of nitrogens with zero attached hydrogens (tertiary/aromatic N) is 2. The van der Waals surface area contributed by atoms with Crippen molar-refractivity contribution in [1.82, 2.24) is 15.1 Å². The Bertz CT molecular complexity index is 721. The summed E-state index contributed by atoms with van der Waals surface area (Å²) < 4.78 is 21.8. The summed E-state index contributed by atoms with van der Waals surface area (Å²) in [4.78, 5) is 42.3. The number of amides is 3. The molecule has 0 aromatic heterocycles. The van der Waals surface area contributed by atoms with Crippen molar-refractivity contribution in [3.63, 3.8) is 0 Å². The van der Waals surface area contributed by atoms with Crippen LogP contribution in [0.15, 0.2) is 0 Å². The van der Waals surface area contributed by atoms with E-state index < -0.39 is 23.2 Å². The smallest absolute Gasteiger partial charge is 0.410 e. The fraction of sp³-hybridized carbons (Fsp3) is 0.889. The molecule has 1 aliphatic heterocycles. The van der Waals surface area contributed by atoms with Crippen LogP contribution in [0.4, 0.5) is 4.79 Å². The number of likely N-dealkylation sites (tertiary alicyclic amines) is 1. The summed E-state index contributed by atoms with van der Waals surface area (Å²) in [7, 11) is 0. The summed E-state index contributed by atoms with van der Waals surface area (Å²) in [6.45, 7) is 17.3. The maximum Gasteiger partial charge on any atom is 0.410 e. The lowest BCUT2D eigenvalue weighted by Gasteiger charge is -2.35. The Morgan fingerprint density at radius 3 is 2.03 bits per heavy atom. The second kappa shape index (κ2) is 16.9. The third-order valence-electron chi connectivity index (χ3n) is 6.03. The number of carbonyl (C=O) groups excluding carboxylic acids is 3. The maximum atomic E-state index is 13.2. The molecular formula is C27H52N4O7. The van der Waals surface area contributed by atoms with Gasteiger partial charge in [0.05, 0.1) is 39.6 Å². The van der Waals surface area contributed by atoms with Crippen LogP contribution in [-0.2, 0) is 28.5 Å². The van der Waals surface area contributed by atoms with Crippen LogP contribution in [0.1, 0.15) is 67.7 Å². The molecule has 0 spiro atoms. The molecular weight excluding hydrogens is 492 g/mol. The zero-order valence-corrected chi connectivity index (χ0v) is 24.7. The van der Waals surface area contributed by atoms with Crippen LogP contribution in [0.25, 0.3) is 0 Å². The predicted octanol–water partition coefficient (Wildman–Crippen LogP) is 2.16. The Kier molecular flexibility index (Phi) is 15.1. The fourth-order valence-electron chi connectivity index (χ4n) is 3.97. The summed E-state index contributed by atoms with van der Waals surface area (Å²) in [5.74, 6) is -0.341. The largest absolute Gasteiger partial charge is 0.444 e. The molecule has 2 unspecified atom stereocenters. The summed E-state index contributed by atoms with van der Waals surface area (Å²) in [5.41, 5.74) is 4.24. The molecule has 2 atom stereocenters. The minimum absolute atomic E-state index is 0.0422. The molecule has 0 radical (unpaired) electrons. The highest BCUT2D eigenvalue weighted by Crippen LogP contribution is 2.25. The summed E-state index contributed by atoms with van der Waals surface area (Å²) in [6, 6.07) is -0.476. The van der Waals surface area contributed by atoms with E-state index in [1.54, 1.807) is 20.8 Å². The molecule has 1 heterocycles. The molecule has 0 aromatic rings. The zero-order valence-electron chi connectivity index (χ0n) is 24.7. The number of hydrogen-bond donors (Lipinski definition) is 2. The van der Waals surface area contributed by atoms with Gasteiger partial charge in [-0.25, -0.2) is 4.79 Å². The van der Waals surface area contributed by atoms with Crippen molar-refractivity contribution in [3.05, 3.63) is 0 Å². The lowest BCUT2D eigenvalue weighted by molar-refractivity contribution is -0.140. The molecule has 0 saturated carbocycles. The SMILES string of the molecule is CC1CCCN1C(=O)C(NC(=O)CCN(CCOCCOCCOCCN)C(=O)OC(C)(C)C)C(C)(C)C. The van der Waals surface area contributed by atoms with E-state index in [9.17, 15) is 14.4 Å². The first-order valence-corrected chi connectivity index (χ1v) is 13.8. The molecule has 3 N–H and O–H groups in total. The lowest BCUT2D eigenvalue weighted by atomic mass is 9.85. The van der Waals surface area contributed by atoms with Crippen LogP contribution in [0.2, 0.25) is 0 Å². The van der Waals surface area contributed by atoms with Gasteiger partial charge >= 0.3 is 6.09 Å². The van der Waals surface area contributed by atoms with Crippen molar-refractivity contribution in [2.45, 2.75) is 85.4 Å². The van der Waals surface area contributed by atoms with Crippen molar-refractivity contribution < 1.29 is 33.3 Å². The van der Waals surface area contributed by atoms with Gasteiger partial charge in [-0.1, -0.05) is 20.8 Å². The molecule has 0 aliphatic carbocycles. The van der Waals surface area contributed by atoms with Crippen molar-refractivity contribution in [3.8, 4) is 0 Å². The Hall–Kier alpha value is -1.95. The van der Waals surface area contributed by atoms with Crippen LogP contribution in [0.5, 0.6) is 0 Å². The summed E-state index contributed by atoms with van der Waals surface area (Å²) in [6.07, 6.45) is 1.47. The molecule has 1 aliphatic rings. The Balaban J connectivity index is 2.60. The second-order valence-electron chi connectivity index (χ2n) is 11.7. The summed E-state index contributed by atoms with van der Waals surface area (Å²) >= 11 is 0. The van der Waals surface area contributed by atoms with Crippen LogP contribution in [0, 0.1) is 5.41 Å². The average Bonchev–Trinajstić information content (AvgIpc) is 3.24. The van der Waals surface area contributed by atoms with Gasteiger partial charge in [-0.15, -0.1) is 0 Å². The highest BCUT2D eigenvalue weighted by Gasteiger charge is 2.38. The molecule has 1 saturated heterocycles. The average molecular weight is 545 g/mol. The van der Waals surface area contributed by atoms with Crippen molar-refractivity contribution in [1.29, 1.82) is 0 Å². The quantitative estimate of drug-likeness (QED) is 0.283. The van der Waals surface area contributed by atoms with Gasteiger partial charge in [-0.05, 0) is 46.0 Å². The molecule has 0 aromatic carbocycles. The van der Waals surface area contributed by atoms with E-state index in [0.717, 1.165) is 12.8 Å². The van der Waals surface area contributed by atoms with E-state index in [1.807, 2.05) is 32.6 Å². The number of carbonyl (C=O) groups is 3. The number of hydrogen-bond acceptors (Lipinski definition) is 8. The van der Waals surface area contributed by atoms with E-state index in [0.29, 0.717) is 46.1 Å². The Morgan fingerprint density at radius 2 is 1.53 bits per heavy atom. The standard InChI is InChI=1S/C27H52N4O7/c1-21-9-8-12-31(21)24(33)23(26(2,3)4)29-22(32)10-13-30(25(34)38-27(5,6)7)14-16-36-18-20-37-19-17-35-15-11-28/h21,23H,8-20,28H2,1-7H3,(H,29,32). The maximum absolute atomic E-state index is 13.2. The molecule has 0 bridgehead atoms. The summed E-state index contributed by atoms with van der Waals surface area (Å²) in [5, 5.41) is 2.93. The van der Waals surface area contributed by atoms with Gasteiger partial charge in [0.25, 0.3) is 0 Å². The zero-order chi connectivity index (χ0) is 28.8. The van der Waals surface area contributed by atoms with Crippen LogP contribution in [0.3, 0.4) is 0 Å². The van der Waals surface area contributed by atoms with Gasteiger partial charge in [0, 0.05) is 38.6 Å². The van der Waals surface area contributed by atoms with Crippen molar-refractivity contribution in [2.75, 3.05) is 65.8 Å². The van der Waals surface area contributed by atoms with E-state index in [-0.39, 0.29) is 44.0 Å². The van der Waals surface area contributed by atoms with Crippen LogP contribution >= 0.6 is 0 Å². The van der Waals surface area contributed by atoms with Crippen molar-refractivity contribution in [2.24, 2.45) is 11.1 Å². The number of nitrogens with two attached hydrogens (primary N) is 1. The van der Waals surface area contributed by atoms with Crippen molar-refractivity contribution >= 4 is 17.9 Å². The van der Waals surface area contributed by atoms with E-state index in [2.05, 4.69) is 5.32 Å². The first-order chi connectivity index (χ1) is 17.8.